The number of carbonyl (C=O) groups is 2. The van der Waals surface area contributed by atoms with E-state index in [2.05, 4.69) is 17.4 Å². The van der Waals surface area contributed by atoms with Crippen LogP contribution in [0.1, 0.15) is 28.9 Å². The predicted molar refractivity (Wildman–Crippen MR) is 142 cm³/mol. The van der Waals surface area contributed by atoms with Crippen LogP contribution in [0.2, 0.25) is 0 Å². The van der Waals surface area contributed by atoms with E-state index in [1.807, 2.05) is 83.8 Å². The van der Waals surface area contributed by atoms with Crippen molar-refractivity contribution in [1.82, 2.24) is 4.90 Å². The first-order valence-electron chi connectivity index (χ1n) is 12.2. The fourth-order valence-electron chi connectivity index (χ4n) is 4.41. The molecule has 5 nitrogen and oxygen atoms in total. The Morgan fingerprint density at radius 1 is 0.917 bits per heavy atom. The van der Waals surface area contributed by atoms with Crippen LogP contribution in [0.15, 0.2) is 101 Å². The zero-order valence-electron chi connectivity index (χ0n) is 20.0. The minimum Gasteiger partial charge on any atom is -0.461 e. The molecule has 2 heterocycles. The molecule has 4 aromatic rings. The largest absolute Gasteiger partial charge is 0.461 e. The van der Waals surface area contributed by atoms with Gasteiger partial charge in [0.05, 0.1) is 0 Å². The van der Waals surface area contributed by atoms with Gasteiger partial charge in [-0.15, -0.1) is 0 Å². The Morgan fingerprint density at radius 3 is 2.50 bits per heavy atom. The van der Waals surface area contributed by atoms with E-state index in [0.717, 1.165) is 34.6 Å². The molecule has 0 unspecified atom stereocenters. The van der Waals surface area contributed by atoms with Gasteiger partial charge in [-0.25, -0.2) is 0 Å². The van der Waals surface area contributed by atoms with E-state index in [9.17, 15) is 9.59 Å². The lowest BCUT2D eigenvalue weighted by Crippen LogP contribution is -2.35. The molecule has 0 aliphatic carbocycles. The average molecular weight is 477 g/mol. The molecule has 0 atom stereocenters. The molecule has 1 aliphatic heterocycles. The molecule has 0 saturated carbocycles. The number of nitrogens with one attached hydrogen (secondary N) is 1. The predicted octanol–water partition coefficient (Wildman–Crippen LogP) is 6.12. The van der Waals surface area contributed by atoms with Crippen LogP contribution in [0.25, 0.3) is 17.4 Å². The zero-order valence-corrected chi connectivity index (χ0v) is 20.0. The van der Waals surface area contributed by atoms with Gasteiger partial charge in [0.25, 0.3) is 0 Å². The van der Waals surface area contributed by atoms with Crippen LogP contribution in [0, 0.1) is 0 Å². The van der Waals surface area contributed by atoms with Crippen molar-refractivity contribution in [2.24, 2.45) is 0 Å². The maximum Gasteiger partial charge on any atom is 0.248 e. The van der Waals surface area contributed by atoms with E-state index < -0.39 is 0 Å². The normalized spacial score (nSPS) is 12.9. The summed E-state index contributed by atoms with van der Waals surface area (Å²) in [6.07, 6.45) is 5.26. The highest BCUT2D eigenvalue weighted by atomic mass is 16.3. The number of benzene rings is 3. The van der Waals surface area contributed by atoms with Crippen LogP contribution >= 0.6 is 0 Å². The third-order valence-corrected chi connectivity index (χ3v) is 6.33. The molecule has 0 radical (unpaired) electrons. The molecular formula is C31H28N2O3. The topological polar surface area (TPSA) is 62.6 Å². The second-order valence-electron chi connectivity index (χ2n) is 8.92. The van der Waals surface area contributed by atoms with Gasteiger partial charge < -0.3 is 14.6 Å². The quantitative estimate of drug-likeness (QED) is 0.327. The number of fused-ring (bicyclic) bond motifs is 1. The molecule has 1 aliphatic rings. The first-order chi connectivity index (χ1) is 17.6. The zero-order chi connectivity index (χ0) is 24.7. The van der Waals surface area contributed by atoms with Gasteiger partial charge in [0.2, 0.25) is 11.8 Å². The highest BCUT2D eigenvalue weighted by Gasteiger charge is 2.24. The number of furan rings is 1. The van der Waals surface area contributed by atoms with Gasteiger partial charge in [0.1, 0.15) is 11.5 Å². The lowest BCUT2D eigenvalue weighted by Gasteiger charge is -2.26. The maximum atomic E-state index is 12.8. The molecule has 2 amide bonds. The van der Waals surface area contributed by atoms with Crippen molar-refractivity contribution in [3.05, 3.63) is 120 Å². The SMILES string of the molecule is O=C(C=Cc1ccccc1)Nc1cccc(-c2cc3c(o2)CCN(C(=O)CCc2ccccc2)C3)c1. The second kappa shape index (κ2) is 10.9. The molecule has 5 rings (SSSR count). The Labute approximate surface area is 211 Å². The van der Waals surface area contributed by atoms with Crippen molar-refractivity contribution in [2.75, 3.05) is 11.9 Å². The van der Waals surface area contributed by atoms with E-state index in [-0.39, 0.29) is 11.8 Å². The molecule has 3 aromatic carbocycles. The molecule has 0 bridgehead atoms. The summed E-state index contributed by atoms with van der Waals surface area (Å²) in [5, 5.41) is 2.91. The smallest absolute Gasteiger partial charge is 0.248 e. The van der Waals surface area contributed by atoms with Crippen LogP contribution in [0.3, 0.4) is 0 Å². The van der Waals surface area contributed by atoms with Crippen LogP contribution in [-0.4, -0.2) is 23.3 Å². The summed E-state index contributed by atoms with van der Waals surface area (Å²) in [7, 11) is 0. The lowest BCUT2D eigenvalue weighted by atomic mass is 10.1. The van der Waals surface area contributed by atoms with Gasteiger partial charge in [0.15, 0.2) is 0 Å². The summed E-state index contributed by atoms with van der Waals surface area (Å²) >= 11 is 0. The first-order valence-corrected chi connectivity index (χ1v) is 12.2. The summed E-state index contributed by atoms with van der Waals surface area (Å²) in [5.74, 6) is 1.65. The summed E-state index contributed by atoms with van der Waals surface area (Å²) in [4.78, 5) is 27.1. The Balaban J connectivity index is 1.22. The van der Waals surface area contributed by atoms with Gasteiger partial charge in [-0.05, 0) is 41.8 Å². The lowest BCUT2D eigenvalue weighted by molar-refractivity contribution is -0.132. The molecule has 180 valence electrons. The Bertz CT molecular complexity index is 1370. The number of anilines is 1. The van der Waals surface area contributed by atoms with Gasteiger partial charge in [-0.3, -0.25) is 9.59 Å². The minimum atomic E-state index is -0.195. The monoisotopic (exact) mass is 476 g/mol. The molecule has 0 saturated heterocycles. The Kier molecular flexibility index (Phi) is 7.08. The first kappa shape index (κ1) is 23.4. The van der Waals surface area contributed by atoms with Crippen molar-refractivity contribution in [3.8, 4) is 11.3 Å². The minimum absolute atomic E-state index is 0.167. The number of hydrogen-bond donors (Lipinski definition) is 1. The molecule has 36 heavy (non-hydrogen) atoms. The van der Waals surface area contributed by atoms with Crippen LogP contribution in [0.5, 0.6) is 0 Å². The summed E-state index contributed by atoms with van der Waals surface area (Å²) in [6.45, 7) is 1.23. The highest BCUT2D eigenvalue weighted by molar-refractivity contribution is 6.02. The van der Waals surface area contributed by atoms with Gasteiger partial charge in [-0.1, -0.05) is 72.8 Å². The summed E-state index contributed by atoms with van der Waals surface area (Å²) in [5.41, 5.74) is 4.77. The number of nitrogens with zero attached hydrogens (tertiary/aromatic N) is 1. The second-order valence-corrected chi connectivity index (χ2v) is 8.92. The van der Waals surface area contributed by atoms with Gasteiger partial charge in [-0.2, -0.15) is 0 Å². The van der Waals surface area contributed by atoms with Crippen LogP contribution < -0.4 is 5.32 Å². The van der Waals surface area contributed by atoms with E-state index in [1.165, 1.54) is 11.6 Å². The Hall–Kier alpha value is -4.38. The van der Waals surface area contributed by atoms with Gasteiger partial charge >= 0.3 is 0 Å². The Morgan fingerprint density at radius 2 is 1.69 bits per heavy atom. The standard InChI is InChI=1S/C31H28N2O3/c34-30(16-14-23-8-3-1-4-9-23)32-27-13-7-12-25(20-27)29-21-26-22-33(19-18-28(26)36-29)31(35)17-15-24-10-5-2-6-11-24/h1-14,16,20-21H,15,17-19,22H2,(H,32,34). The number of amides is 2. The molecule has 1 aromatic heterocycles. The van der Waals surface area contributed by atoms with Crippen molar-refractivity contribution in [2.45, 2.75) is 25.8 Å². The molecular weight excluding hydrogens is 448 g/mol. The van der Waals surface area contributed by atoms with E-state index >= 15 is 0 Å². The number of hydrogen-bond acceptors (Lipinski definition) is 3. The highest BCUT2D eigenvalue weighted by Crippen LogP contribution is 2.31. The third-order valence-electron chi connectivity index (χ3n) is 6.33. The summed E-state index contributed by atoms with van der Waals surface area (Å²) < 4.78 is 6.15. The maximum absolute atomic E-state index is 12.8. The van der Waals surface area contributed by atoms with Crippen LogP contribution in [-0.2, 0) is 29.0 Å². The molecule has 1 N–H and O–H groups in total. The van der Waals surface area contributed by atoms with Crippen molar-refractivity contribution < 1.29 is 14.0 Å². The van der Waals surface area contributed by atoms with Crippen molar-refractivity contribution in [1.29, 1.82) is 0 Å². The van der Waals surface area contributed by atoms with E-state index in [0.29, 0.717) is 31.6 Å². The number of aryl methyl sites for hydroxylation is 1. The van der Waals surface area contributed by atoms with Gasteiger partial charge in [0, 0.05) is 48.8 Å². The van der Waals surface area contributed by atoms with Crippen LogP contribution in [0.4, 0.5) is 5.69 Å². The van der Waals surface area contributed by atoms with Crippen molar-refractivity contribution in [3.63, 3.8) is 0 Å². The summed E-state index contributed by atoms with van der Waals surface area (Å²) in [6, 6.07) is 29.4. The van der Waals surface area contributed by atoms with Crippen molar-refractivity contribution >= 4 is 23.6 Å². The fourth-order valence-corrected chi connectivity index (χ4v) is 4.41. The third kappa shape index (κ3) is 5.81. The average Bonchev–Trinajstić information content (AvgIpc) is 3.36. The fraction of sp³-hybridized carbons (Fsp3) is 0.161. The molecule has 0 fully saturated rings. The van der Waals surface area contributed by atoms with E-state index in [1.54, 1.807) is 6.08 Å². The number of carbonyl (C=O) groups excluding carboxylic acids is 2. The number of rotatable bonds is 7. The van der Waals surface area contributed by atoms with E-state index in [4.69, 9.17) is 4.42 Å². The molecule has 0 spiro atoms. The molecule has 5 heteroatoms.